The van der Waals surface area contributed by atoms with Gasteiger partial charge in [-0.05, 0) is 36.2 Å². The molecule has 2 N–H and O–H groups in total. The van der Waals surface area contributed by atoms with E-state index < -0.39 is 24.0 Å². The molecule has 3 rings (SSSR count). The van der Waals surface area contributed by atoms with Gasteiger partial charge in [0.05, 0.1) is 18.7 Å². The number of halogens is 1. The predicted octanol–water partition coefficient (Wildman–Crippen LogP) is 2.25. The average molecular weight is 430 g/mol. The highest BCUT2D eigenvalue weighted by molar-refractivity contribution is 6.31. The van der Waals surface area contributed by atoms with E-state index >= 15 is 0 Å². The lowest BCUT2D eigenvalue weighted by Crippen LogP contribution is -2.35. The number of amides is 4. The van der Waals surface area contributed by atoms with Crippen LogP contribution in [0.3, 0.4) is 0 Å². The van der Waals surface area contributed by atoms with Gasteiger partial charge >= 0.3 is 12.0 Å². The van der Waals surface area contributed by atoms with E-state index in [1.807, 2.05) is 6.07 Å². The maximum Gasteiger partial charge on any atom is 0.338 e. The van der Waals surface area contributed by atoms with Crippen LogP contribution in [0.5, 0.6) is 0 Å². The maximum atomic E-state index is 12.4. The van der Waals surface area contributed by atoms with Crippen LogP contribution in [0.1, 0.15) is 28.4 Å². The third-order valence-corrected chi connectivity index (χ3v) is 4.87. The number of imide groups is 1. The zero-order chi connectivity index (χ0) is 21.7. The highest BCUT2D eigenvalue weighted by atomic mass is 35.5. The van der Waals surface area contributed by atoms with Crippen LogP contribution < -0.4 is 10.6 Å². The van der Waals surface area contributed by atoms with Gasteiger partial charge in [-0.15, -0.1) is 0 Å². The number of hydrogen-bond acceptors (Lipinski definition) is 5. The molecular formula is C21H20ClN3O5. The Bertz CT molecular complexity index is 978. The zero-order valence-corrected chi connectivity index (χ0v) is 16.9. The monoisotopic (exact) mass is 429 g/mol. The summed E-state index contributed by atoms with van der Waals surface area (Å²) in [4.78, 5) is 49.1. The Morgan fingerprint density at radius 2 is 1.97 bits per heavy atom. The number of urea groups is 1. The van der Waals surface area contributed by atoms with E-state index in [9.17, 15) is 19.2 Å². The normalized spacial score (nSPS) is 14.3. The molecule has 1 fully saturated rings. The summed E-state index contributed by atoms with van der Waals surface area (Å²) in [5.41, 5.74) is 1.55. The molecule has 0 saturated carbocycles. The molecular weight excluding hydrogens is 410 g/mol. The highest BCUT2D eigenvalue weighted by Gasteiger charge is 2.28. The number of carbonyl (C=O) groups excluding carboxylic acids is 4. The van der Waals surface area contributed by atoms with Gasteiger partial charge in [-0.3, -0.25) is 14.5 Å². The van der Waals surface area contributed by atoms with Crippen LogP contribution >= 0.6 is 11.6 Å². The van der Waals surface area contributed by atoms with E-state index in [1.54, 1.807) is 30.3 Å². The van der Waals surface area contributed by atoms with Crippen molar-refractivity contribution in [1.82, 2.24) is 15.5 Å². The first-order valence-electron chi connectivity index (χ1n) is 9.24. The van der Waals surface area contributed by atoms with Crippen molar-refractivity contribution in [2.45, 2.75) is 26.1 Å². The first kappa shape index (κ1) is 21.3. The lowest BCUT2D eigenvalue weighted by molar-refractivity contribution is -0.129. The summed E-state index contributed by atoms with van der Waals surface area (Å²) in [5.74, 6) is -1.48. The molecule has 8 nitrogen and oxygen atoms in total. The summed E-state index contributed by atoms with van der Waals surface area (Å²) in [6.07, 6.45) is -1.02. The minimum absolute atomic E-state index is 0.0403. The molecule has 1 aliphatic heterocycles. The van der Waals surface area contributed by atoms with E-state index in [0.717, 1.165) is 10.5 Å². The van der Waals surface area contributed by atoms with Crippen molar-refractivity contribution in [3.8, 4) is 0 Å². The molecule has 2 aromatic carbocycles. The molecule has 1 unspecified atom stereocenters. The second-order valence-corrected chi connectivity index (χ2v) is 7.10. The van der Waals surface area contributed by atoms with Crippen molar-refractivity contribution in [3.05, 3.63) is 70.2 Å². The standard InChI is InChI=1S/C21H20ClN3O5/c1-13(19(27)23-10-16-6-2-3-8-17(16)22)30-20(28)15-7-4-5-14(9-15)12-25-18(26)11-24-21(25)29/h2-9,13H,10-12H2,1H3,(H,23,27)(H,24,29). The average Bonchev–Trinajstić information content (AvgIpc) is 3.05. The third-order valence-electron chi connectivity index (χ3n) is 4.50. The molecule has 0 aromatic heterocycles. The van der Waals surface area contributed by atoms with Gasteiger partial charge in [0, 0.05) is 11.6 Å². The van der Waals surface area contributed by atoms with Crippen LogP contribution in [0.2, 0.25) is 5.02 Å². The molecule has 4 amide bonds. The Labute approximate surface area is 178 Å². The summed E-state index contributed by atoms with van der Waals surface area (Å²) in [6, 6.07) is 13.0. The summed E-state index contributed by atoms with van der Waals surface area (Å²) < 4.78 is 5.24. The molecule has 1 aliphatic rings. The number of nitrogens with zero attached hydrogens (tertiary/aromatic N) is 1. The first-order valence-corrected chi connectivity index (χ1v) is 9.62. The van der Waals surface area contributed by atoms with E-state index in [4.69, 9.17) is 16.3 Å². The van der Waals surface area contributed by atoms with Crippen LogP contribution in [0.4, 0.5) is 4.79 Å². The topological polar surface area (TPSA) is 105 Å². The highest BCUT2D eigenvalue weighted by Crippen LogP contribution is 2.15. The number of benzene rings is 2. The molecule has 156 valence electrons. The summed E-state index contributed by atoms with van der Waals surface area (Å²) in [7, 11) is 0. The van der Waals surface area contributed by atoms with Crippen LogP contribution in [-0.2, 0) is 27.4 Å². The Kier molecular flexibility index (Phi) is 6.68. The third kappa shape index (κ3) is 5.15. The second-order valence-electron chi connectivity index (χ2n) is 6.70. The van der Waals surface area contributed by atoms with Gasteiger partial charge in [0.25, 0.3) is 5.91 Å². The molecule has 0 aliphatic carbocycles. The van der Waals surface area contributed by atoms with Gasteiger partial charge in [0.15, 0.2) is 6.10 Å². The van der Waals surface area contributed by atoms with Gasteiger partial charge < -0.3 is 15.4 Å². The Morgan fingerprint density at radius 1 is 1.20 bits per heavy atom. The van der Waals surface area contributed by atoms with E-state index in [1.165, 1.54) is 19.1 Å². The Morgan fingerprint density at radius 3 is 2.67 bits per heavy atom. The molecule has 30 heavy (non-hydrogen) atoms. The quantitative estimate of drug-likeness (QED) is 0.519. The van der Waals surface area contributed by atoms with Crippen molar-refractivity contribution in [2.75, 3.05) is 6.54 Å². The molecule has 1 atom stereocenters. The number of esters is 1. The lowest BCUT2D eigenvalue weighted by atomic mass is 10.1. The fraction of sp³-hybridized carbons (Fsp3) is 0.238. The SMILES string of the molecule is CC(OC(=O)c1cccc(CN2C(=O)CNC2=O)c1)C(=O)NCc1ccccc1Cl. The fourth-order valence-corrected chi connectivity index (χ4v) is 3.05. The smallest absolute Gasteiger partial charge is 0.338 e. The van der Waals surface area contributed by atoms with Crippen molar-refractivity contribution in [2.24, 2.45) is 0 Å². The summed E-state index contributed by atoms with van der Waals surface area (Å²) in [5, 5.41) is 5.64. The Hall–Kier alpha value is -3.39. The largest absolute Gasteiger partial charge is 0.449 e. The number of ether oxygens (including phenoxy) is 1. The minimum atomic E-state index is -1.02. The van der Waals surface area contributed by atoms with Gasteiger partial charge in [-0.1, -0.05) is 41.9 Å². The van der Waals surface area contributed by atoms with Crippen LogP contribution in [0, 0.1) is 0 Å². The second kappa shape index (κ2) is 9.41. The first-order chi connectivity index (χ1) is 14.3. The van der Waals surface area contributed by atoms with Crippen molar-refractivity contribution in [3.63, 3.8) is 0 Å². The predicted molar refractivity (Wildman–Crippen MR) is 109 cm³/mol. The molecule has 1 heterocycles. The van der Waals surface area contributed by atoms with E-state index in [-0.39, 0.29) is 31.1 Å². The molecule has 1 saturated heterocycles. The Balaban J connectivity index is 1.57. The molecule has 9 heteroatoms. The number of nitrogens with one attached hydrogen (secondary N) is 2. The molecule has 0 spiro atoms. The van der Waals surface area contributed by atoms with Gasteiger partial charge in [0.1, 0.15) is 0 Å². The zero-order valence-electron chi connectivity index (χ0n) is 16.2. The van der Waals surface area contributed by atoms with Gasteiger partial charge in [0.2, 0.25) is 5.91 Å². The molecule has 0 radical (unpaired) electrons. The van der Waals surface area contributed by atoms with Crippen molar-refractivity contribution in [1.29, 1.82) is 0 Å². The van der Waals surface area contributed by atoms with E-state index in [2.05, 4.69) is 10.6 Å². The minimum Gasteiger partial charge on any atom is -0.449 e. The number of carbonyl (C=O) groups is 4. The summed E-state index contributed by atoms with van der Waals surface area (Å²) in [6.45, 7) is 1.68. The number of hydrogen-bond donors (Lipinski definition) is 2. The van der Waals surface area contributed by atoms with Crippen LogP contribution in [0.25, 0.3) is 0 Å². The van der Waals surface area contributed by atoms with Crippen LogP contribution in [-0.4, -0.2) is 41.4 Å². The van der Waals surface area contributed by atoms with Gasteiger partial charge in [-0.25, -0.2) is 9.59 Å². The lowest BCUT2D eigenvalue weighted by Gasteiger charge is -2.15. The number of rotatable bonds is 7. The molecule has 0 bridgehead atoms. The van der Waals surface area contributed by atoms with Crippen molar-refractivity contribution >= 4 is 35.4 Å². The molecule has 2 aromatic rings. The maximum absolute atomic E-state index is 12.4. The van der Waals surface area contributed by atoms with Crippen molar-refractivity contribution < 1.29 is 23.9 Å². The van der Waals surface area contributed by atoms with Crippen LogP contribution in [0.15, 0.2) is 48.5 Å². The van der Waals surface area contributed by atoms with Gasteiger partial charge in [-0.2, -0.15) is 0 Å². The fourth-order valence-electron chi connectivity index (χ4n) is 2.84. The summed E-state index contributed by atoms with van der Waals surface area (Å²) >= 11 is 6.06. The van der Waals surface area contributed by atoms with E-state index in [0.29, 0.717) is 10.6 Å².